The van der Waals surface area contributed by atoms with Crippen molar-refractivity contribution in [2.75, 3.05) is 18.5 Å². The number of hydrogen-bond acceptors (Lipinski definition) is 6. The van der Waals surface area contributed by atoms with E-state index in [-0.39, 0.29) is 42.1 Å². The third kappa shape index (κ3) is 5.42. The number of rotatable bonds is 5. The molecule has 0 radical (unpaired) electrons. The smallest absolute Gasteiger partial charge is 0.225 e. The zero-order valence-corrected chi connectivity index (χ0v) is 20.1. The maximum absolute atomic E-state index is 14.6. The van der Waals surface area contributed by atoms with Crippen molar-refractivity contribution in [1.82, 2.24) is 25.3 Å². The summed E-state index contributed by atoms with van der Waals surface area (Å²) in [7, 11) is 0. The van der Waals surface area contributed by atoms with Crippen molar-refractivity contribution in [2.45, 2.75) is 50.6 Å². The molecule has 1 amide bonds. The second kappa shape index (κ2) is 10.8. The van der Waals surface area contributed by atoms with Gasteiger partial charge in [0.15, 0.2) is 17.5 Å². The summed E-state index contributed by atoms with van der Waals surface area (Å²) in [6, 6.07) is 1.83. The van der Waals surface area contributed by atoms with Crippen molar-refractivity contribution in [3.8, 4) is 11.4 Å². The number of ether oxygens (including phenoxy) is 1. The molecule has 3 atom stereocenters. The Hall–Kier alpha value is -2.49. The molecule has 2 aliphatic rings. The van der Waals surface area contributed by atoms with Crippen molar-refractivity contribution >= 4 is 46.8 Å². The topological polar surface area (TPSA) is 105 Å². The summed E-state index contributed by atoms with van der Waals surface area (Å²) in [6.45, 7) is 1.22. The summed E-state index contributed by atoms with van der Waals surface area (Å²) >= 11 is 6.09. The van der Waals surface area contributed by atoms with Gasteiger partial charge >= 0.3 is 0 Å². The molecule has 1 saturated carbocycles. The number of hydrogen-bond donors (Lipinski definition) is 3. The lowest BCUT2D eigenvalue weighted by atomic mass is 9.90. The predicted molar refractivity (Wildman–Crippen MR) is 131 cm³/mol. The number of amides is 1. The lowest BCUT2D eigenvalue weighted by molar-refractivity contribution is -0.129. The van der Waals surface area contributed by atoms with Crippen LogP contribution in [0.3, 0.4) is 0 Å². The van der Waals surface area contributed by atoms with Gasteiger partial charge in [-0.2, -0.15) is 0 Å². The fourth-order valence-electron chi connectivity index (χ4n) is 4.67. The highest BCUT2D eigenvalue weighted by molar-refractivity contribution is 6.31. The highest BCUT2D eigenvalue weighted by Gasteiger charge is 2.28. The van der Waals surface area contributed by atoms with Gasteiger partial charge in [-0.25, -0.2) is 19.3 Å². The zero-order valence-electron chi connectivity index (χ0n) is 18.5. The van der Waals surface area contributed by atoms with Crippen LogP contribution in [0.2, 0.25) is 5.02 Å². The first-order valence-corrected chi connectivity index (χ1v) is 11.7. The van der Waals surface area contributed by atoms with E-state index < -0.39 is 5.82 Å². The van der Waals surface area contributed by atoms with Gasteiger partial charge in [-0.1, -0.05) is 11.6 Å². The standard InChI is InChI=1S/C23H26ClFN6O2.ClH/c24-14-7-17-18(10-27-20(17)26-9-14)21-28-11-19(25)22(31-21)29-15-4-1-5-16(8-15)30-23(32)13-3-2-6-33-12-13;/h7,9-11,13,15-16H,1-6,8,12H2,(H,26,27)(H,30,32)(H,28,29,31);1H/t13?,15-,16+;/m0./s1. The van der Waals surface area contributed by atoms with Gasteiger partial charge in [0.2, 0.25) is 5.91 Å². The number of pyridine rings is 1. The Labute approximate surface area is 207 Å². The van der Waals surface area contributed by atoms with Crippen molar-refractivity contribution < 1.29 is 13.9 Å². The number of halogens is 3. The fraction of sp³-hybridized carbons (Fsp3) is 0.478. The number of aromatic amines is 1. The monoisotopic (exact) mass is 508 g/mol. The molecular weight excluding hydrogens is 482 g/mol. The molecular formula is C23H27Cl2FN6O2. The van der Waals surface area contributed by atoms with Crippen molar-refractivity contribution in [1.29, 1.82) is 0 Å². The molecule has 5 rings (SSSR count). The van der Waals surface area contributed by atoms with Crippen molar-refractivity contribution in [2.24, 2.45) is 5.92 Å². The Kier molecular flexibility index (Phi) is 7.85. The van der Waals surface area contributed by atoms with E-state index in [1.807, 2.05) is 0 Å². The van der Waals surface area contributed by atoms with Gasteiger partial charge in [0.25, 0.3) is 0 Å². The van der Waals surface area contributed by atoms with Gasteiger partial charge in [0, 0.05) is 42.0 Å². The molecule has 1 saturated heterocycles. The molecule has 3 aromatic heterocycles. The second-order valence-electron chi connectivity index (χ2n) is 8.77. The Balaban J connectivity index is 0.00000274. The van der Waals surface area contributed by atoms with Crippen LogP contribution < -0.4 is 10.6 Å². The maximum Gasteiger partial charge on any atom is 0.225 e. The molecule has 11 heteroatoms. The molecule has 1 unspecified atom stereocenters. The van der Waals surface area contributed by atoms with Gasteiger partial charge in [0.05, 0.1) is 23.7 Å². The van der Waals surface area contributed by atoms with E-state index in [9.17, 15) is 9.18 Å². The molecule has 8 nitrogen and oxygen atoms in total. The first kappa shape index (κ1) is 24.6. The molecule has 3 N–H and O–H groups in total. The van der Waals surface area contributed by atoms with E-state index in [1.54, 1.807) is 18.5 Å². The van der Waals surface area contributed by atoms with Crippen LogP contribution in [0.1, 0.15) is 38.5 Å². The molecule has 2 fully saturated rings. The number of H-pyrrole nitrogens is 1. The molecule has 3 aromatic rings. The minimum absolute atomic E-state index is 0. The lowest BCUT2D eigenvalue weighted by Gasteiger charge is -2.32. The molecule has 4 heterocycles. The Morgan fingerprint density at radius 1 is 1.18 bits per heavy atom. The Morgan fingerprint density at radius 3 is 2.85 bits per heavy atom. The van der Waals surface area contributed by atoms with E-state index in [2.05, 4.69) is 30.6 Å². The number of fused-ring (bicyclic) bond motifs is 1. The first-order valence-electron chi connectivity index (χ1n) is 11.4. The molecule has 0 aromatic carbocycles. The summed E-state index contributed by atoms with van der Waals surface area (Å²) in [4.78, 5) is 28.5. The lowest BCUT2D eigenvalue weighted by Crippen LogP contribution is -2.45. The van der Waals surface area contributed by atoms with E-state index in [0.717, 1.165) is 44.1 Å². The SMILES string of the molecule is Cl.O=C(N[C@@H]1CCC[C@H](Nc2nc(-c3c[nH]c4ncc(Cl)cc34)ncc2F)C1)C1CCCOC1. The molecule has 0 bridgehead atoms. The summed E-state index contributed by atoms with van der Waals surface area (Å²) < 4.78 is 20.0. The van der Waals surface area contributed by atoms with Crippen LogP contribution in [0.15, 0.2) is 24.7 Å². The van der Waals surface area contributed by atoms with E-state index in [1.165, 1.54) is 6.20 Å². The van der Waals surface area contributed by atoms with Gasteiger partial charge in [-0.3, -0.25) is 4.79 Å². The van der Waals surface area contributed by atoms with Gasteiger partial charge in [-0.15, -0.1) is 12.4 Å². The number of carbonyl (C=O) groups excluding carboxylic acids is 1. The predicted octanol–water partition coefficient (Wildman–Crippen LogP) is 4.50. The third-order valence-corrected chi connectivity index (χ3v) is 6.58. The van der Waals surface area contributed by atoms with Crippen LogP contribution in [-0.2, 0) is 9.53 Å². The van der Waals surface area contributed by atoms with Crippen LogP contribution >= 0.6 is 24.0 Å². The highest BCUT2D eigenvalue weighted by atomic mass is 35.5. The average molecular weight is 509 g/mol. The normalized spacial score (nSPS) is 22.7. The van der Waals surface area contributed by atoms with Crippen LogP contribution in [0.5, 0.6) is 0 Å². The van der Waals surface area contributed by atoms with Gasteiger partial charge < -0.3 is 20.4 Å². The summed E-state index contributed by atoms with van der Waals surface area (Å²) in [5.74, 6) is 0.00464. The number of nitrogens with zero attached hydrogens (tertiary/aromatic N) is 3. The highest BCUT2D eigenvalue weighted by Crippen LogP contribution is 2.29. The molecule has 1 aliphatic heterocycles. The van der Waals surface area contributed by atoms with Crippen LogP contribution in [0, 0.1) is 11.7 Å². The quantitative estimate of drug-likeness (QED) is 0.468. The van der Waals surface area contributed by atoms with E-state index in [4.69, 9.17) is 16.3 Å². The fourth-order valence-corrected chi connectivity index (χ4v) is 4.83. The zero-order chi connectivity index (χ0) is 22.8. The largest absolute Gasteiger partial charge is 0.381 e. The average Bonchev–Trinajstić information content (AvgIpc) is 3.24. The molecule has 34 heavy (non-hydrogen) atoms. The van der Waals surface area contributed by atoms with Gasteiger partial charge in [-0.05, 0) is 44.6 Å². The molecule has 182 valence electrons. The summed E-state index contributed by atoms with van der Waals surface area (Å²) in [5.41, 5.74) is 1.36. The maximum atomic E-state index is 14.6. The second-order valence-corrected chi connectivity index (χ2v) is 9.21. The number of aromatic nitrogens is 4. The van der Waals surface area contributed by atoms with Crippen molar-refractivity contribution in [3.63, 3.8) is 0 Å². The van der Waals surface area contributed by atoms with Crippen LogP contribution in [0.25, 0.3) is 22.4 Å². The summed E-state index contributed by atoms with van der Waals surface area (Å²) in [6.07, 6.45) is 9.70. The number of carbonyl (C=O) groups is 1. The Bertz CT molecular complexity index is 1150. The van der Waals surface area contributed by atoms with Crippen LogP contribution in [-0.4, -0.2) is 51.1 Å². The Morgan fingerprint density at radius 2 is 2.03 bits per heavy atom. The van der Waals surface area contributed by atoms with Crippen LogP contribution in [0.4, 0.5) is 10.2 Å². The van der Waals surface area contributed by atoms with E-state index in [0.29, 0.717) is 35.1 Å². The number of nitrogens with one attached hydrogen (secondary N) is 3. The minimum Gasteiger partial charge on any atom is -0.381 e. The summed E-state index contributed by atoms with van der Waals surface area (Å²) in [5, 5.41) is 7.68. The molecule has 0 spiro atoms. The van der Waals surface area contributed by atoms with Gasteiger partial charge in [0.1, 0.15) is 5.65 Å². The van der Waals surface area contributed by atoms with E-state index >= 15 is 0 Å². The third-order valence-electron chi connectivity index (χ3n) is 6.38. The molecule has 1 aliphatic carbocycles. The minimum atomic E-state index is -0.514. The van der Waals surface area contributed by atoms with Crippen molar-refractivity contribution in [3.05, 3.63) is 35.5 Å². The first-order chi connectivity index (χ1) is 16.1. The number of anilines is 1.